The molecule has 3 rings (SSSR count). The number of benzene rings is 1. The fourth-order valence-corrected chi connectivity index (χ4v) is 3.13. The second-order valence-corrected chi connectivity index (χ2v) is 6.28. The molecule has 1 aromatic heterocycles. The molecule has 1 saturated heterocycles. The minimum atomic E-state index is 0.155. The maximum atomic E-state index is 5.44. The average molecular weight is 362 g/mol. The summed E-state index contributed by atoms with van der Waals surface area (Å²) in [7, 11) is 6.90. The molecule has 0 aliphatic carbocycles. The van der Waals surface area contributed by atoms with Crippen LogP contribution in [0.3, 0.4) is 0 Å². The molecule has 1 aliphatic heterocycles. The first kappa shape index (κ1) is 18.5. The molecule has 1 atom stereocenters. The quantitative estimate of drug-likeness (QED) is 0.793. The Bertz CT molecular complexity index is 709. The van der Waals surface area contributed by atoms with Gasteiger partial charge in [-0.05, 0) is 31.2 Å². The number of rotatable bonds is 7. The predicted octanol–water partition coefficient (Wildman–Crippen LogP) is 1.46. The first-order chi connectivity index (χ1) is 12.7. The maximum absolute atomic E-state index is 5.44. The van der Waals surface area contributed by atoms with Gasteiger partial charge in [0.1, 0.15) is 0 Å². The van der Waals surface area contributed by atoms with E-state index in [2.05, 4.69) is 27.4 Å². The Kier molecular flexibility index (Phi) is 5.95. The van der Waals surface area contributed by atoms with E-state index >= 15 is 0 Å². The Balaban J connectivity index is 1.69. The van der Waals surface area contributed by atoms with Crippen molar-refractivity contribution in [3.8, 4) is 17.2 Å². The fraction of sp³-hybridized carbons (Fsp3) is 0.556. The molecule has 1 aromatic carbocycles. The van der Waals surface area contributed by atoms with Crippen LogP contribution in [0, 0.1) is 0 Å². The van der Waals surface area contributed by atoms with Crippen LogP contribution < -0.4 is 19.5 Å². The monoisotopic (exact) mass is 362 g/mol. The predicted molar refractivity (Wildman–Crippen MR) is 96.0 cm³/mol. The highest BCUT2D eigenvalue weighted by Crippen LogP contribution is 2.38. The van der Waals surface area contributed by atoms with Crippen molar-refractivity contribution in [3.05, 3.63) is 29.4 Å². The highest BCUT2D eigenvalue weighted by atomic mass is 16.5. The third kappa shape index (κ3) is 3.91. The summed E-state index contributed by atoms with van der Waals surface area (Å²) in [5.74, 6) is 3.24. The molecular weight excluding hydrogens is 336 g/mol. The van der Waals surface area contributed by atoms with Gasteiger partial charge in [0.25, 0.3) is 0 Å². The number of aromatic nitrogens is 2. The van der Waals surface area contributed by atoms with E-state index in [1.807, 2.05) is 12.1 Å². The van der Waals surface area contributed by atoms with Gasteiger partial charge >= 0.3 is 0 Å². The molecule has 1 aliphatic rings. The number of nitrogens with one attached hydrogen (secondary N) is 1. The van der Waals surface area contributed by atoms with E-state index in [1.165, 1.54) is 0 Å². The van der Waals surface area contributed by atoms with E-state index in [4.69, 9.17) is 18.7 Å². The molecule has 1 unspecified atom stereocenters. The first-order valence-electron chi connectivity index (χ1n) is 8.68. The van der Waals surface area contributed by atoms with E-state index < -0.39 is 0 Å². The van der Waals surface area contributed by atoms with Crippen LogP contribution >= 0.6 is 0 Å². The van der Waals surface area contributed by atoms with Gasteiger partial charge < -0.3 is 24.1 Å². The van der Waals surface area contributed by atoms with Crippen LogP contribution in [-0.2, 0) is 12.8 Å². The van der Waals surface area contributed by atoms with Gasteiger partial charge in [0.15, 0.2) is 17.3 Å². The van der Waals surface area contributed by atoms with Crippen LogP contribution in [0.15, 0.2) is 16.7 Å². The van der Waals surface area contributed by atoms with Gasteiger partial charge in [-0.1, -0.05) is 5.16 Å². The molecule has 1 fully saturated rings. The summed E-state index contributed by atoms with van der Waals surface area (Å²) in [4.78, 5) is 6.81. The third-order valence-electron chi connectivity index (χ3n) is 4.64. The van der Waals surface area contributed by atoms with Gasteiger partial charge in [0, 0.05) is 26.1 Å². The molecule has 2 heterocycles. The zero-order valence-corrected chi connectivity index (χ0v) is 15.7. The number of hydrogen-bond acceptors (Lipinski definition) is 8. The van der Waals surface area contributed by atoms with Crippen molar-refractivity contribution < 1.29 is 18.7 Å². The van der Waals surface area contributed by atoms with Gasteiger partial charge in [-0.25, -0.2) is 0 Å². The van der Waals surface area contributed by atoms with Crippen LogP contribution in [0.1, 0.15) is 23.3 Å². The SMILES string of the molecule is COc1cc(CCc2nc(C3CNCCN3C)no2)cc(OC)c1OC. The van der Waals surface area contributed by atoms with Crippen molar-refractivity contribution >= 4 is 0 Å². The largest absolute Gasteiger partial charge is 0.493 e. The number of nitrogens with zero attached hydrogens (tertiary/aromatic N) is 3. The number of aryl methyl sites for hydroxylation is 2. The summed E-state index contributed by atoms with van der Waals surface area (Å²) in [6.45, 7) is 2.79. The Labute approximate surface area is 153 Å². The zero-order chi connectivity index (χ0) is 18.5. The van der Waals surface area contributed by atoms with E-state index in [0.717, 1.165) is 37.4 Å². The van der Waals surface area contributed by atoms with Crippen LogP contribution in [0.4, 0.5) is 0 Å². The standard InChI is InChI=1S/C18H26N4O4/c1-22-8-7-19-11-13(22)18-20-16(26-21-18)6-5-12-9-14(23-2)17(25-4)15(10-12)24-3/h9-10,13,19H,5-8,11H2,1-4H3. The second kappa shape index (κ2) is 8.37. The normalized spacial score (nSPS) is 17.9. The Morgan fingerprint density at radius 1 is 1.15 bits per heavy atom. The van der Waals surface area contributed by atoms with Gasteiger partial charge in [0.05, 0.1) is 27.4 Å². The highest BCUT2D eigenvalue weighted by Gasteiger charge is 2.25. The summed E-state index contributed by atoms with van der Waals surface area (Å²) in [6, 6.07) is 4.04. The molecule has 0 spiro atoms. The van der Waals surface area contributed by atoms with Crippen LogP contribution in [-0.4, -0.2) is 63.1 Å². The summed E-state index contributed by atoms with van der Waals surface area (Å²) in [6.07, 6.45) is 1.38. The molecule has 2 aromatic rings. The number of ether oxygens (including phenoxy) is 3. The number of likely N-dealkylation sites (N-methyl/N-ethyl adjacent to an activating group) is 1. The Morgan fingerprint density at radius 2 is 1.88 bits per heavy atom. The van der Waals surface area contributed by atoms with Crippen molar-refractivity contribution in [1.82, 2.24) is 20.4 Å². The Morgan fingerprint density at radius 3 is 2.50 bits per heavy atom. The topological polar surface area (TPSA) is 81.9 Å². The number of piperazine rings is 1. The van der Waals surface area contributed by atoms with E-state index in [-0.39, 0.29) is 6.04 Å². The van der Waals surface area contributed by atoms with Gasteiger partial charge in [-0.2, -0.15) is 4.98 Å². The molecule has 0 bridgehead atoms. The number of hydrogen-bond donors (Lipinski definition) is 1. The molecule has 26 heavy (non-hydrogen) atoms. The lowest BCUT2D eigenvalue weighted by atomic mass is 10.1. The molecule has 0 radical (unpaired) electrons. The van der Waals surface area contributed by atoms with Crippen LogP contribution in [0.5, 0.6) is 17.2 Å². The molecule has 8 nitrogen and oxygen atoms in total. The molecule has 8 heteroatoms. The van der Waals surface area contributed by atoms with Crippen LogP contribution in [0.25, 0.3) is 0 Å². The smallest absolute Gasteiger partial charge is 0.227 e. The molecule has 1 N–H and O–H groups in total. The third-order valence-corrected chi connectivity index (χ3v) is 4.64. The van der Waals surface area contributed by atoms with Crippen molar-refractivity contribution in [3.63, 3.8) is 0 Å². The fourth-order valence-electron chi connectivity index (χ4n) is 3.13. The van der Waals surface area contributed by atoms with E-state index in [1.54, 1.807) is 21.3 Å². The summed E-state index contributed by atoms with van der Waals surface area (Å²) in [5, 5.41) is 7.52. The van der Waals surface area contributed by atoms with Gasteiger partial charge in [-0.3, -0.25) is 4.90 Å². The zero-order valence-electron chi connectivity index (χ0n) is 15.7. The molecule has 0 amide bonds. The minimum Gasteiger partial charge on any atom is -0.493 e. The molecule has 142 valence electrons. The average Bonchev–Trinajstić information content (AvgIpc) is 3.14. The van der Waals surface area contributed by atoms with Crippen molar-refractivity contribution in [1.29, 1.82) is 0 Å². The van der Waals surface area contributed by atoms with Crippen molar-refractivity contribution in [2.45, 2.75) is 18.9 Å². The van der Waals surface area contributed by atoms with E-state index in [9.17, 15) is 0 Å². The van der Waals surface area contributed by atoms with Crippen LogP contribution in [0.2, 0.25) is 0 Å². The van der Waals surface area contributed by atoms with Gasteiger partial charge in [-0.15, -0.1) is 0 Å². The second-order valence-electron chi connectivity index (χ2n) is 6.28. The lowest BCUT2D eigenvalue weighted by Crippen LogP contribution is -2.44. The Hall–Kier alpha value is -2.32. The van der Waals surface area contributed by atoms with Crippen molar-refractivity contribution in [2.24, 2.45) is 0 Å². The minimum absolute atomic E-state index is 0.155. The van der Waals surface area contributed by atoms with Gasteiger partial charge in [0.2, 0.25) is 11.6 Å². The summed E-state index contributed by atoms with van der Waals surface area (Å²) >= 11 is 0. The summed E-state index contributed by atoms with van der Waals surface area (Å²) < 4.78 is 21.6. The lowest BCUT2D eigenvalue weighted by molar-refractivity contribution is 0.190. The molecule has 0 saturated carbocycles. The maximum Gasteiger partial charge on any atom is 0.227 e. The number of methoxy groups -OCH3 is 3. The van der Waals surface area contributed by atoms with E-state index in [0.29, 0.717) is 29.6 Å². The summed E-state index contributed by atoms with van der Waals surface area (Å²) in [5.41, 5.74) is 1.05. The molecular formula is C18H26N4O4. The van der Waals surface area contributed by atoms with Crippen molar-refractivity contribution in [2.75, 3.05) is 48.0 Å². The first-order valence-corrected chi connectivity index (χ1v) is 8.68. The highest BCUT2D eigenvalue weighted by molar-refractivity contribution is 5.53. The lowest BCUT2D eigenvalue weighted by Gasteiger charge is -2.30.